The number of nitrogens with zero attached hydrogens (tertiary/aromatic N) is 4. The summed E-state index contributed by atoms with van der Waals surface area (Å²) in [6, 6.07) is 10.7. The number of furan rings is 1. The monoisotopic (exact) mass is 408 g/mol. The Morgan fingerprint density at radius 1 is 1.13 bits per heavy atom. The number of hydrogen-bond donors (Lipinski definition) is 2. The summed E-state index contributed by atoms with van der Waals surface area (Å²) in [6.07, 6.45) is 4.56. The van der Waals surface area contributed by atoms with E-state index < -0.39 is 11.8 Å². The second-order valence-corrected chi connectivity index (χ2v) is 6.48. The predicted octanol–water partition coefficient (Wildman–Crippen LogP) is 2.90. The van der Waals surface area contributed by atoms with Gasteiger partial charge in [-0.15, -0.1) is 0 Å². The summed E-state index contributed by atoms with van der Waals surface area (Å²) in [4.78, 5) is 24.6. The lowest BCUT2D eigenvalue weighted by molar-refractivity contribution is 0.0993. The van der Waals surface area contributed by atoms with Gasteiger partial charge in [0.15, 0.2) is 11.5 Å². The van der Waals surface area contributed by atoms with Gasteiger partial charge >= 0.3 is 0 Å². The number of carbonyl (C=O) groups excluding carboxylic acids is 2. The molecule has 0 radical (unpaired) electrons. The zero-order chi connectivity index (χ0) is 21.1. The van der Waals surface area contributed by atoms with Crippen LogP contribution < -0.4 is 10.6 Å². The van der Waals surface area contributed by atoms with Crippen molar-refractivity contribution in [3.8, 4) is 0 Å². The second kappa shape index (κ2) is 8.03. The van der Waals surface area contributed by atoms with E-state index in [9.17, 15) is 14.0 Å². The van der Waals surface area contributed by atoms with Gasteiger partial charge in [0.2, 0.25) is 0 Å². The molecule has 1 aromatic carbocycles. The zero-order valence-electron chi connectivity index (χ0n) is 15.9. The maximum Gasteiger partial charge on any atom is 0.292 e. The number of halogens is 1. The maximum atomic E-state index is 13.0. The molecule has 0 unspecified atom stereocenters. The highest BCUT2D eigenvalue weighted by Gasteiger charge is 2.17. The van der Waals surface area contributed by atoms with E-state index >= 15 is 0 Å². The summed E-state index contributed by atoms with van der Waals surface area (Å²) in [5.74, 6) is -0.714. The van der Waals surface area contributed by atoms with Crippen LogP contribution in [0, 0.1) is 5.82 Å². The molecule has 2 amide bonds. The molecule has 4 aromatic rings. The van der Waals surface area contributed by atoms with E-state index in [0.29, 0.717) is 18.1 Å². The Hall–Kier alpha value is -4.21. The van der Waals surface area contributed by atoms with Crippen molar-refractivity contribution in [2.45, 2.75) is 6.54 Å². The molecular formula is C20H17FN6O3. The van der Waals surface area contributed by atoms with Crippen LogP contribution in [-0.2, 0) is 13.6 Å². The average molecular weight is 408 g/mol. The molecule has 0 saturated heterocycles. The minimum Gasteiger partial charge on any atom is -0.459 e. The molecule has 0 aliphatic heterocycles. The molecule has 3 heterocycles. The fraction of sp³-hybridized carbons (Fsp3) is 0.100. The molecule has 0 saturated carbocycles. The molecule has 9 nitrogen and oxygen atoms in total. The smallest absolute Gasteiger partial charge is 0.292 e. The number of carbonyl (C=O) groups is 2. The van der Waals surface area contributed by atoms with Gasteiger partial charge in [-0.05, 0) is 29.8 Å². The molecule has 4 rings (SSSR count). The Labute approximate surface area is 170 Å². The fourth-order valence-corrected chi connectivity index (χ4v) is 2.77. The number of aromatic nitrogens is 4. The third-order valence-corrected chi connectivity index (χ3v) is 4.25. The number of rotatable bonds is 6. The Morgan fingerprint density at radius 2 is 1.93 bits per heavy atom. The molecule has 10 heteroatoms. The lowest BCUT2D eigenvalue weighted by Crippen LogP contribution is -2.13. The maximum absolute atomic E-state index is 13.0. The first-order valence-electron chi connectivity index (χ1n) is 8.95. The Balaban J connectivity index is 1.40. The van der Waals surface area contributed by atoms with E-state index in [1.807, 2.05) is 0 Å². The van der Waals surface area contributed by atoms with E-state index in [0.717, 1.165) is 5.56 Å². The summed E-state index contributed by atoms with van der Waals surface area (Å²) in [7, 11) is 1.61. The number of amides is 2. The van der Waals surface area contributed by atoms with Crippen LogP contribution >= 0.6 is 0 Å². The standard InChI is InChI=1S/C20H17FN6O3/c1-26-18(24-20(29)17-3-2-8-30-17)9-16(25-26)19(28)23-15-10-22-27(12-15)11-13-4-6-14(21)7-5-13/h2-10,12H,11H2,1H3,(H,23,28)(H,24,29). The highest BCUT2D eigenvalue weighted by Crippen LogP contribution is 2.14. The SMILES string of the molecule is Cn1nc(C(=O)Nc2cnn(Cc3ccc(F)cc3)c2)cc1NC(=O)c1ccco1. The van der Waals surface area contributed by atoms with Gasteiger partial charge < -0.3 is 15.1 Å². The lowest BCUT2D eigenvalue weighted by atomic mass is 10.2. The first kappa shape index (κ1) is 19.1. The van der Waals surface area contributed by atoms with Crippen LogP contribution in [0.5, 0.6) is 0 Å². The van der Waals surface area contributed by atoms with Crippen LogP contribution in [0.25, 0.3) is 0 Å². The van der Waals surface area contributed by atoms with Gasteiger partial charge in [0.25, 0.3) is 11.8 Å². The van der Waals surface area contributed by atoms with Gasteiger partial charge in [-0.1, -0.05) is 12.1 Å². The van der Waals surface area contributed by atoms with E-state index in [-0.39, 0.29) is 17.3 Å². The molecule has 0 bridgehead atoms. The topological polar surface area (TPSA) is 107 Å². The van der Waals surface area contributed by atoms with Crippen molar-refractivity contribution in [2.75, 3.05) is 10.6 Å². The van der Waals surface area contributed by atoms with Crippen LogP contribution in [0.1, 0.15) is 26.6 Å². The fourth-order valence-electron chi connectivity index (χ4n) is 2.77. The molecule has 0 atom stereocenters. The third kappa shape index (κ3) is 4.27. The van der Waals surface area contributed by atoms with Gasteiger partial charge in [-0.25, -0.2) is 4.39 Å². The van der Waals surface area contributed by atoms with Crippen molar-refractivity contribution < 1.29 is 18.4 Å². The highest BCUT2D eigenvalue weighted by atomic mass is 19.1. The van der Waals surface area contributed by atoms with E-state index in [2.05, 4.69) is 20.8 Å². The quantitative estimate of drug-likeness (QED) is 0.510. The number of hydrogen-bond acceptors (Lipinski definition) is 5. The second-order valence-electron chi connectivity index (χ2n) is 6.48. The Kier molecular flexibility index (Phi) is 5.12. The van der Waals surface area contributed by atoms with Crippen LogP contribution in [0.3, 0.4) is 0 Å². The Bertz CT molecular complexity index is 1180. The van der Waals surface area contributed by atoms with Gasteiger partial charge in [0.05, 0.1) is 24.7 Å². The normalized spacial score (nSPS) is 10.7. The van der Waals surface area contributed by atoms with Crippen molar-refractivity contribution in [1.29, 1.82) is 0 Å². The molecule has 2 N–H and O–H groups in total. The highest BCUT2D eigenvalue weighted by molar-refractivity contribution is 6.05. The number of benzene rings is 1. The van der Waals surface area contributed by atoms with E-state index in [4.69, 9.17) is 4.42 Å². The molecule has 30 heavy (non-hydrogen) atoms. The summed E-state index contributed by atoms with van der Waals surface area (Å²) in [5.41, 5.74) is 1.48. The predicted molar refractivity (Wildman–Crippen MR) is 106 cm³/mol. The third-order valence-electron chi connectivity index (χ3n) is 4.25. The molecule has 0 spiro atoms. The lowest BCUT2D eigenvalue weighted by Gasteiger charge is -2.01. The summed E-state index contributed by atoms with van der Waals surface area (Å²) < 4.78 is 21.0. The molecule has 0 aliphatic carbocycles. The van der Waals surface area contributed by atoms with Crippen molar-refractivity contribution in [3.05, 3.63) is 84.0 Å². The Morgan fingerprint density at radius 3 is 2.67 bits per heavy atom. The van der Waals surface area contributed by atoms with Gasteiger partial charge in [0.1, 0.15) is 11.6 Å². The number of aryl methyl sites for hydroxylation is 1. The van der Waals surface area contributed by atoms with Crippen LogP contribution in [-0.4, -0.2) is 31.4 Å². The molecule has 152 valence electrons. The molecule has 3 aromatic heterocycles. The summed E-state index contributed by atoms with van der Waals surface area (Å²) in [5, 5.41) is 13.6. The van der Waals surface area contributed by atoms with Crippen LogP contribution in [0.15, 0.2) is 65.5 Å². The zero-order valence-corrected chi connectivity index (χ0v) is 15.9. The van der Waals surface area contributed by atoms with Gasteiger partial charge in [0, 0.05) is 19.3 Å². The summed E-state index contributed by atoms with van der Waals surface area (Å²) in [6.45, 7) is 0.433. The molecule has 0 fully saturated rings. The van der Waals surface area contributed by atoms with Gasteiger partial charge in [-0.2, -0.15) is 10.2 Å². The first-order chi connectivity index (χ1) is 14.5. The number of anilines is 2. The molecular weight excluding hydrogens is 391 g/mol. The van der Waals surface area contributed by atoms with Crippen LogP contribution in [0.4, 0.5) is 15.9 Å². The molecule has 0 aliphatic rings. The van der Waals surface area contributed by atoms with Crippen molar-refractivity contribution >= 4 is 23.3 Å². The van der Waals surface area contributed by atoms with Crippen molar-refractivity contribution in [1.82, 2.24) is 19.6 Å². The van der Waals surface area contributed by atoms with Crippen molar-refractivity contribution in [2.24, 2.45) is 7.05 Å². The minimum absolute atomic E-state index is 0.124. The number of nitrogens with one attached hydrogen (secondary N) is 2. The first-order valence-corrected chi connectivity index (χ1v) is 8.95. The minimum atomic E-state index is -0.453. The largest absolute Gasteiger partial charge is 0.459 e. The van der Waals surface area contributed by atoms with Crippen LogP contribution in [0.2, 0.25) is 0 Å². The van der Waals surface area contributed by atoms with E-state index in [1.165, 1.54) is 41.4 Å². The van der Waals surface area contributed by atoms with Gasteiger partial charge in [-0.3, -0.25) is 19.0 Å². The van der Waals surface area contributed by atoms with Crippen molar-refractivity contribution in [3.63, 3.8) is 0 Å². The summed E-state index contributed by atoms with van der Waals surface area (Å²) >= 11 is 0. The van der Waals surface area contributed by atoms with E-state index in [1.54, 1.807) is 36.1 Å². The average Bonchev–Trinajstić information content (AvgIpc) is 3.46.